The van der Waals surface area contributed by atoms with E-state index < -0.39 is 0 Å². The molecule has 74 valence electrons. The zero-order chi connectivity index (χ0) is 9.94. The molecule has 2 heteroatoms. The molecule has 0 heterocycles. The van der Waals surface area contributed by atoms with Gasteiger partial charge in [-0.15, -0.1) is 0 Å². The van der Waals surface area contributed by atoms with Crippen LogP contribution in [0.25, 0.3) is 0 Å². The van der Waals surface area contributed by atoms with E-state index in [0.29, 0.717) is 6.04 Å². The lowest BCUT2D eigenvalue weighted by molar-refractivity contribution is 0.0498. The minimum atomic E-state index is 0.262. The average molecular weight is 172 g/mol. The zero-order valence-corrected chi connectivity index (χ0v) is 9.68. The van der Waals surface area contributed by atoms with Gasteiger partial charge in [0.15, 0.2) is 0 Å². The largest absolute Gasteiger partial charge is 0.297 e. The summed E-state index contributed by atoms with van der Waals surface area (Å²) in [5, 5.41) is 0. The van der Waals surface area contributed by atoms with Crippen molar-refractivity contribution >= 4 is 0 Å². The summed E-state index contributed by atoms with van der Waals surface area (Å²) in [4.78, 5) is 4.69. The highest BCUT2D eigenvalue weighted by Crippen LogP contribution is 2.16. The summed E-state index contributed by atoms with van der Waals surface area (Å²) in [6, 6.07) is 0.604. The molecule has 0 unspecified atom stereocenters. The van der Waals surface area contributed by atoms with E-state index in [1.165, 1.54) is 0 Å². The molecule has 0 aliphatic heterocycles. The van der Waals surface area contributed by atoms with E-state index in [4.69, 9.17) is 0 Å². The maximum absolute atomic E-state index is 2.48. The van der Waals surface area contributed by atoms with Crippen LogP contribution >= 0.6 is 0 Å². The molecule has 0 aliphatic carbocycles. The Morgan fingerprint density at radius 1 is 1.08 bits per heavy atom. The SMILES string of the molecule is CC(C)N(CN(C)C)C(C)(C)C. The summed E-state index contributed by atoms with van der Waals surface area (Å²) in [5.74, 6) is 0. The maximum atomic E-state index is 2.48. The predicted molar refractivity (Wildman–Crippen MR) is 55.3 cm³/mol. The maximum Gasteiger partial charge on any atom is 0.0508 e. The molecule has 0 saturated carbocycles. The molecule has 0 bridgehead atoms. The van der Waals surface area contributed by atoms with Crippen LogP contribution in [-0.2, 0) is 0 Å². The van der Waals surface area contributed by atoms with E-state index in [-0.39, 0.29) is 5.54 Å². The highest BCUT2D eigenvalue weighted by Gasteiger charge is 2.23. The van der Waals surface area contributed by atoms with Crippen molar-refractivity contribution in [3.63, 3.8) is 0 Å². The van der Waals surface area contributed by atoms with Crippen molar-refractivity contribution in [2.24, 2.45) is 0 Å². The molecule has 0 rings (SSSR count). The topological polar surface area (TPSA) is 6.48 Å². The van der Waals surface area contributed by atoms with Crippen LogP contribution in [0.15, 0.2) is 0 Å². The summed E-state index contributed by atoms with van der Waals surface area (Å²) < 4.78 is 0. The Morgan fingerprint density at radius 3 is 1.58 bits per heavy atom. The molecule has 0 aromatic carbocycles. The van der Waals surface area contributed by atoms with Crippen molar-refractivity contribution in [1.82, 2.24) is 9.80 Å². The number of hydrogen-bond acceptors (Lipinski definition) is 2. The first kappa shape index (κ1) is 11.9. The smallest absolute Gasteiger partial charge is 0.0508 e. The van der Waals surface area contributed by atoms with E-state index in [0.717, 1.165) is 6.67 Å². The second kappa shape index (κ2) is 4.24. The molecular weight excluding hydrogens is 148 g/mol. The summed E-state index contributed by atoms with van der Waals surface area (Å²) in [7, 11) is 4.22. The van der Waals surface area contributed by atoms with Crippen LogP contribution in [0.1, 0.15) is 34.6 Å². The normalized spacial score (nSPS) is 13.5. The molecule has 0 aliphatic rings. The van der Waals surface area contributed by atoms with E-state index in [1.54, 1.807) is 0 Å². The average Bonchev–Trinajstić information content (AvgIpc) is 1.79. The molecule has 0 radical (unpaired) electrons. The summed E-state index contributed by atoms with van der Waals surface area (Å²) >= 11 is 0. The van der Waals surface area contributed by atoms with Gasteiger partial charge in [-0.3, -0.25) is 9.80 Å². The van der Waals surface area contributed by atoms with Gasteiger partial charge in [0, 0.05) is 11.6 Å². The van der Waals surface area contributed by atoms with Gasteiger partial charge in [0.25, 0.3) is 0 Å². The van der Waals surface area contributed by atoms with Crippen LogP contribution in [0.2, 0.25) is 0 Å². The van der Waals surface area contributed by atoms with Crippen LogP contribution in [0.4, 0.5) is 0 Å². The number of nitrogens with zero attached hydrogens (tertiary/aromatic N) is 2. The van der Waals surface area contributed by atoms with Crippen LogP contribution in [0, 0.1) is 0 Å². The predicted octanol–water partition coefficient (Wildman–Crippen LogP) is 2.01. The minimum Gasteiger partial charge on any atom is -0.297 e. The second-order valence-corrected chi connectivity index (χ2v) is 4.96. The number of hydrogen-bond donors (Lipinski definition) is 0. The lowest BCUT2D eigenvalue weighted by atomic mass is 10.0. The summed E-state index contributed by atoms with van der Waals surface area (Å²) in [6.45, 7) is 12.3. The standard InChI is InChI=1S/C10H24N2/c1-9(2)12(8-11(6)7)10(3,4)5/h9H,8H2,1-7H3. The van der Waals surface area contributed by atoms with Crippen molar-refractivity contribution in [2.45, 2.75) is 46.2 Å². The Kier molecular flexibility index (Phi) is 4.21. The van der Waals surface area contributed by atoms with Gasteiger partial charge in [-0.1, -0.05) is 0 Å². The fraction of sp³-hybridized carbons (Fsp3) is 1.00. The summed E-state index contributed by atoms with van der Waals surface area (Å²) in [5.41, 5.74) is 0.262. The molecule has 2 nitrogen and oxygen atoms in total. The van der Waals surface area contributed by atoms with Crippen molar-refractivity contribution < 1.29 is 0 Å². The van der Waals surface area contributed by atoms with Crippen molar-refractivity contribution in [3.8, 4) is 0 Å². The lowest BCUT2D eigenvalue weighted by Gasteiger charge is -2.40. The van der Waals surface area contributed by atoms with Crippen LogP contribution in [-0.4, -0.2) is 42.1 Å². The third kappa shape index (κ3) is 4.07. The first-order chi connectivity index (χ1) is 5.25. The lowest BCUT2D eigenvalue weighted by Crippen LogP contribution is -2.49. The fourth-order valence-corrected chi connectivity index (χ4v) is 1.45. The zero-order valence-electron chi connectivity index (χ0n) is 9.68. The van der Waals surface area contributed by atoms with Gasteiger partial charge in [0.1, 0.15) is 0 Å². The van der Waals surface area contributed by atoms with E-state index in [9.17, 15) is 0 Å². The van der Waals surface area contributed by atoms with E-state index >= 15 is 0 Å². The molecule has 12 heavy (non-hydrogen) atoms. The third-order valence-electron chi connectivity index (χ3n) is 1.92. The molecule has 0 aromatic rings. The molecule has 0 spiro atoms. The van der Waals surface area contributed by atoms with Crippen molar-refractivity contribution in [2.75, 3.05) is 20.8 Å². The molecule has 0 amide bonds. The first-order valence-electron chi connectivity index (χ1n) is 4.66. The monoisotopic (exact) mass is 172 g/mol. The Bertz CT molecular complexity index is 122. The minimum absolute atomic E-state index is 0.262. The van der Waals surface area contributed by atoms with Crippen LogP contribution < -0.4 is 0 Å². The van der Waals surface area contributed by atoms with Crippen LogP contribution in [0.3, 0.4) is 0 Å². The van der Waals surface area contributed by atoms with Gasteiger partial charge in [0.2, 0.25) is 0 Å². The Balaban J connectivity index is 4.25. The van der Waals surface area contributed by atoms with Gasteiger partial charge >= 0.3 is 0 Å². The highest BCUT2D eigenvalue weighted by atomic mass is 15.3. The van der Waals surface area contributed by atoms with E-state index in [1.807, 2.05) is 0 Å². The first-order valence-corrected chi connectivity index (χ1v) is 4.66. The van der Waals surface area contributed by atoms with Crippen LogP contribution in [0.5, 0.6) is 0 Å². The van der Waals surface area contributed by atoms with Gasteiger partial charge in [-0.2, -0.15) is 0 Å². The van der Waals surface area contributed by atoms with Gasteiger partial charge in [-0.05, 0) is 48.7 Å². The quantitative estimate of drug-likeness (QED) is 0.601. The van der Waals surface area contributed by atoms with E-state index in [2.05, 4.69) is 58.5 Å². The van der Waals surface area contributed by atoms with Gasteiger partial charge in [0.05, 0.1) is 6.67 Å². The van der Waals surface area contributed by atoms with Gasteiger partial charge in [-0.25, -0.2) is 0 Å². The van der Waals surface area contributed by atoms with Crippen molar-refractivity contribution in [1.29, 1.82) is 0 Å². The Hall–Kier alpha value is -0.0800. The Labute approximate surface area is 77.5 Å². The van der Waals surface area contributed by atoms with Gasteiger partial charge < -0.3 is 0 Å². The highest BCUT2D eigenvalue weighted by molar-refractivity contribution is 4.78. The van der Waals surface area contributed by atoms with Crippen molar-refractivity contribution in [3.05, 3.63) is 0 Å². The molecule has 0 atom stereocenters. The summed E-state index contributed by atoms with van der Waals surface area (Å²) in [6.07, 6.45) is 0. The molecule has 0 aromatic heterocycles. The molecule has 0 N–H and O–H groups in total. The molecule has 0 fully saturated rings. The second-order valence-electron chi connectivity index (χ2n) is 4.96. The molecular formula is C10H24N2. The Morgan fingerprint density at radius 2 is 1.50 bits per heavy atom. The fourth-order valence-electron chi connectivity index (χ4n) is 1.45. The third-order valence-corrected chi connectivity index (χ3v) is 1.92. The number of rotatable bonds is 3. The molecule has 0 saturated heterocycles.